The largest absolute Gasteiger partial charge is 0.321 e. The Balaban J connectivity index is 2.37. The number of halogens is 1. The lowest BCUT2D eigenvalue weighted by Gasteiger charge is -2.08. The van der Waals surface area contributed by atoms with E-state index in [0.717, 1.165) is 9.13 Å². The Kier molecular flexibility index (Phi) is 4.33. The highest BCUT2D eigenvalue weighted by molar-refractivity contribution is 14.1. The number of anilines is 1. The summed E-state index contributed by atoms with van der Waals surface area (Å²) < 4.78 is 0.869. The van der Waals surface area contributed by atoms with Crippen molar-refractivity contribution in [1.82, 2.24) is 0 Å². The number of nitro groups is 1. The summed E-state index contributed by atoms with van der Waals surface area (Å²) in [7, 11) is 0. The fraction of sp³-hybridized carbons (Fsp3) is 0.0714. The number of para-hydroxylation sites is 1. The number of benzene rings is 2. The van der Waals surface area contributed by atoms with E-state index in [1.54, 1.807) is 25.1 Å². The zero-order valence-corrected chi connectivity index (χ0v) is 12.7. The Bertz CT molecular complexity index is 686. The second kappa shape index (κ2) is 6.00. The lowest BCUT2D eigenvalue weighted by molar-refractivity contribution is -0.385. The van der Waals surface area contributed by atoms with Gasteiger partial charge in [-0.25, -0.2) is 0 Å². The van der Waals surface area contributed by atoms with Gasteiger partial charge < -0.3 is 5.32 Å². The Morgan fingerprint density at radius 2 is 1.95 bits per heavy atom. The van der Waals surface area contributed by atoms with Crippen molar-refractivity contribution in [2.75, 3.05) is 5.32 Å². The van der Waals surface area contributed by atoms with Crippen molar-refractivity contribution in [3.05, 3.63) is 67.3 Å². The van der Waals surface area contributed by atoms with E-state index in [1.807, 2.05) is 12.1 Å². The van der Waals surface area contributed by atoms with Gasteiger partial charge in [0.2, 0.25) is 0 Å². The lowest BCUT2D eigenvalue weighted by atomic mass is 10.1. The number of amides is 1. The molecule has 0 saturated heterocycles. The Morgan fingerprint density at radius 3 is 2.60 bits per heavy atom. The first-order chi connectivity index (χ1) is 9.49. The summed E-state index contributed by atoms with van der Waals surface area (Å²) >= 11 is 2.09. The molecule has 0 atom stereocenters. The summed E-state index contributed by atoms with van der Waals surface area (Å²) in [5.74, 6) is -0.482. The molecule has 0 saturated carbocycles. The fourth-order valence-corrected chi connectivity index (χ4v) is 2.27. The SMILES string of the molecule is Cc1ccc([N+](=O)[O-])c(C(=O)Nc2ccccc2I)c1. The van der Waals surface area contributed by atoms with E-state index >= 15 is 0 Å². The van der Waals surface area contributed by atoms with E-state index in [-0.39, 0.29) is 11.3 Å². The Hall–Kier alpha value is -1.96. The standard InChI is InChI=1S/C14H11IN2O3/c1-9-6-7-13(17(19)20)10(8-9)14(18)16-12-5-3-2-4-11(12)15/h2-8H,1H3,(H,16,18). The highest BCUT2D eigenvalue weighted by Gasteiger charge is 2.20. The van der Waals surface area contributed by atoms with Crippen LogP contribution in [0, 0.1) is 20.6 Å². The minimum Gasteiger partial charge on any atom is -0.321 e. The summed E-state index contributed by atoms with van der Waals surface area (Å²) in [5, 5.41) is 13.7. The predicted molar refractivity (Wildman–Crippen MR) is 84.9 cm³/mol. The molecule has 2 aromatic rings. The van der Waals surface area contributed by atoms with Crippen LogP contribution < -0.4 is 5.32 Å². The third-order valence-electron chi connectivity index (χ3n) is 2.72. The molecule has 2 aromatic carbocycles. The number of nitrogens with one attached hydrogen (secondary N) is 1. The molecule has 0 fully saturated rings. The summed E-state index contributed by atoms with van der Waals surface area (Å²) in [6.45, 7) is 1.78. The van der Waals surface area contributed by atoms with Gasteiger partial charge in [0, 0.05) is 9.64 Å². The monoisotopic (exact) mass is 382 g/mol. The van der Waals surface area contributed by atoms with Gasteiger partial charge in [0.05, 0.1) is 10.6 Å². The Labute approximate surface area is 129 Å². The van der Waals surface area contributed by atoms with Gasteiger partial charge in [-0.1, -0.05) is 18.2 Å². The van der Waals surface area contributed by atoms with Crippen LogP contribution in [0.15, 0.2) is 42.5 Å². The molecule has 0 spiro atoms. The number of hydrogen-bond acceptors (Lipinski definition) is 3. The third-order valence-corrected chi connectivity index (χ3v) is 3.66. The lowest BCUT2D eigenvalue weighted by Crippen LogP contribution is -2.14. The number of hydrogen-bond donors (Lipinski definition) is 1. The van der Waals surface area contributed by atoms with Crippen molar-refractivity contribution in [3.63, 3.8) is 0 Å². The third kappa shape index (κ3) is 3.13. The van der Waals surface area contributed by atoms with Crippen LogP contribution in [0.2, 0.25) is 0 Å². The molecule has 102 valence electrons. The van der Waals surface area contributed by atoms with Crippen LogP contribution in [0.25, 0.3) is 0 Å². The average Bonchev–Trinajstić information content (AvgIpc) is 2.40. The zero-order chi connectivity index (χ0) is 14.7. The molecule has 2 rings (SSSR count). The van der Waals surface area contributed by atoms with E-state index in [1.165, 1.54) is 12.1 Å². The molecule has 1 N–H and O–H groups in total. The van der Waals surface area contributed by atoms with Gasteiger partial charge in [-0.05, 0) is 53.3 Å². The van der Waals surface area contributed by atoms with E-state index in [2.05, 4.69) is 27.9 Å². The maximum Gasteiger partial charge on any atom is 0.282 e. The van der Waals surface area contributed by atoms with Gasteiger partial charge >= 0.3 is 0 Å². The molecule has 0 aliphatic rings. The van der Waals surface area contributed by atoms with Crippen LogP contribution in [0.5, 0.6) is 0 Å². The molecule has 0 radical (unpaired) electrons. The molecule has 6 heteroatoms. The normalized spacial score (nSPS) is 10.1. The zero-order valence-electron chi connectivity index (χ0n) is 10.6. The second-order valence-corrected chi connectivity index (χ2v) is 5.37. The van der Waals surface area contributed by atoms with E-state index < -0.39 is 10.8 Å². The number of carbonyl (C=O) groups is 1. The van der Waals surface area contributed by atoms with Crippen LogP contribution in [0.4, 0.5) is 11.4 Å². The second-order valence-electron chi connectivity index (χ2n) is 4.21. The molecule has 0 unspecified atom stereocenters. The molecule has 1 amide bonds. The van der Waals surface area contributed by atoms with Gasteiger partial charge in [0.1, 0.15) is 5.56 Å². The molecule has 0 aromatic heterocycles. The van der Waals surface area contributed by atoms with Crippen molar-refractivity contribution in [2.45, 2.75) is 6.92 Å². The summed E-state index contributed by atoms with van der Waals surface area (Å²) in [6.07, 6.45) is 0. The fourth-order valence-electron chi connectivity index (χ4n) is 1.74. The van der Waals surface area contributed by atoms with Gasteiger partial charge in [-0.3, -0.25) is 14.9 Å². The molecule has 0 aliphatic heterocycles. The number of aryl methyl sites for hydroxylation is 1. The molecule has 20 heavy (non-hydrogen) atoms. The van der Waals surface area contributed by atoms with Gasteiger partial charge in [-0.2, -0.15) is 0 Å². The van der Waals surface area contributed by atoms with Crippen molar-refractivity contribution in [1.29, 1.82) is 0 Å². The predicted octanol–water partition coefficient (Wildman–Crippen LogP) is 3.76. The molecule has 0 bridgehead atoms. The number of nitro benzene ring substituents is 1. The molecular weight excluding hydrogens is 371 g/mol. The average molecular weight is 382 g/mol. The first kappa shape index (κ1) is 14.4. The van der Waals surface area contributed by atoms with Crippen molar-refractivity contribution >= 4 is 39.9 Å². The van der Waals surface area contributed by atoms with E-state index in [9.17, 15) is 14.9 Å². The maximum atomic E-state index is 12.2. The highest BCUT2D eigenvalue weighted by Crippen LogP contribution is 2.23. The van der Waals surface area contributed by atoms with Crippen LogP contribution in [-0.4, -0.2) is 10.8 Å². The van der Waals surface area contributed by atoms with Gasteiger partial charge in [0.25, 0.3) is 11.6 Å². The van der Waals surface area contributed by atoms with Crippen molar-refractivity contribution < 1.29 is 9.72 Å². The van der Waals surface area contributed by atoms with Gasteiger partial charge in [-0.15, -0.1) is 0 Å². The minimum absolute atomic E-state index is 0.0645. The van der Waals surface area contributed by atoms with Crippen LogP contribution in [0.3, 0.4) is 0 Å². The first-order valence-corrected chi connectivity index (χ1v) is 6.88. The van der Waals surface area contributed by atoms with E-state index in [4.69, 9.17) is 0 Å². The summed E-state index contributed by atoms with van der Waals surface area (Å²) in [5.41, 5.74) is 1.30. The molecule has 5 nitrogen and oxygen atoms in total. The summed E-state index contributed by atoms with van der Waals surface area (Å²) in [4.78, 5) is 22.7. The van der Waals surface area contributed by atoms with Crippen LogP contribution >= 0.6 is 22.6 Å². The van der Waals surface area contributed by atoms with Crippen LogP contribution in [-0.2, 0) is 0 Å². The summed E-state index contributed by atoms with van der Waals surface area (Å²) in [6, 6.07) is 11.7. The number of rotatable bonds is 3. The highest BCUT2D eigenvalue weighted by atomic mass is 127. The van der Waals surface area contributed by atoms with Crippen molar-refractivity contribution in [3.8, 4) is 0 Å². The molecule has 0 heterocycles. The Morgan fingerprint density at radius 1 is 1.25 bits per heavy atom. The number of carbonyl (C=O) groups excluding carboxylic acids is 1. The maximum absolute atomic E-state index is 12.2. The van der Waals surface area contributed by atoms with Crippen molar-refractivity contribution in [2.24, 2.45) is 0 Å². The topological polar surface area (TPSA) is 72.2 Å². The quantitative estimate of drug-likeness (QED) is 0.499. The van der Waals surface area contributed by atoms with E-state index in [0.29, 0.717) is 5.69 Å². The number of nitrogens with zero attached hydrogens (tertiary/aromatic N) is 1. The smallest absolute Gasteiger partial charge is 0.282 e. The minimum atomic E-state index is -0.551. The first-order valence-electron chi connectivity index (χ1n) is 5.80. The molecular formula is C14H11IN2O3. The molecule has 0 aliphatic carbocycles. The van der Waals surface area contributed by atoms with Gasteiger partial charge in [0.15, 0.2) is 0 Å². The van der Waals surface area contributed by atoms with Crippen LogP contribution in [0.1, 0.15) is 15.9 Å².